The molecule has 4 rings (SSSR count). The summed E-state index contributed by atoms with van der Waals surface area (Å²) in [5.74, 6) is 1.53. The molecule has 1 fully saturated rings. The summed E-state index contributed by atoms with van der Waals surface area (Å²) in [6.45, 7) is 0.539. The average molecular weight is 415 g/mol. The monoisotopic (exact) mass is 415 g/mol. The Balaban J connectivity index is 1.57. The molecule has 31 heavy (non-hydrogen) atoms. The second-order valence-corrected chi connectivity index (χ2v) is 7.85. The van der Waals surface area contributed by atoms with E-state index in [0.717, 1.165) is 40.7 Å². The van der Waals surface area contributed by atoms with Gasteiger partial charge in [0.05, 0.1) is 0 Å². The van der Waals surface area contributed by atoms with Crippen molar-refractivity contribution < 1.29 is 14.0 Å². The maximum Gasteiger partial charge on any atom is 0.330 e. The number of rotatable bonds is 8. The third-order valence-electron chi connectivity index (χ3n) is 5.39. The van der Waals surface area contributed by atoms with Gasteiger partial charge < -0.3 is 15.1 Å². The zero-order valence-electron chi connectivity index (χ0n) is 17.2. The molecular weight excluding hydrogens is 390 g/mol. The number of hydrogen-bond acceptors (Lipinski definition) is 3. The van der Waals surface area contributed by atoms with Crippen LogP contribution in [0.1, 0.15) is 36.1 Å². The van der Waals surface area contributed by atoms with Crippen molar-refractivity contribution in [2.75, 3.05) is 11.9 Å². The van der Waals surface area contributed by atoms with E-state index in [1.54, 1.807) is 6.07 Å². The number of carbonyl (C=O) groups is 2. The number of benzene rings is 2. The van der Waals surface area contributed by atoms with E-state index in [9.17, 15) is 9.59 Å². The molecule has 3 N–H and O–H groups in total. The average Bonchev–Trinajstić information content (AvgIpc) is 3.50. The van der Waals surface area contributed by atoms with Crippen molar-refractivity contribution in [3.63, 3.8) is 0 Å². The van der Waals surface area contributed by atoms with E-state index in [1.165, 1.54) is 0 Å². The minimum Gasteiger partial charge on any atom is -0.460 e. The van der Waals surface area contributed by atoms with Crippen molar-refractivity contribution in [2.24, 2.45) is 5.92 Å². The van der Waals surface area contributed by atoms with E-state index < -0.39 is 6.03 Å². The van der Waals surface area contributed by atoms with Crippen LogP contribution >= 0.6 is 0 Å². The molecule has 3 amide bonds. The molecule has 158 valence electrons. The minimum absolute atomic E-state index is 0.105. The number of furan rings is 1. The standard InChI is InChI=1S/C25H25N3O3/c1-2-26-25(30)28-19-10-11-22-21(16-19)20(12-13-27-24(29)15-18-8-9-18)23(31-22)14-17-6-4-3-5-7-17/h1,3-7,10-11,16,18H,8-9,12-15H2,(H,27,29)(H2,26,28,30). The second-order valence-electron chi connectivity index (χ2n) is 7.85. The van der Waals surface area contributed by atoms with Gasteiger partial charge in [0.1, 0.15) is 11.3 Å². The predicted molar refractivity (Wildman–Crippen MR) is 121 cm³/mol. The number of hydrogen-bond donors (Lipinski definition) is 3. The van der Waals surface area contributed by atoms with Gasteiger partial charge in [-0.25, -0.2) is 4.79 Å². The van der Waals surface area contributed by atoms with E-state index in [4.69, 9.17) is 10.8 Å². The Hall–Kier alpha value is -3.72. The van der Waals surface area contributed by atoms with E-state index >= 15 is 0 Å². The number of nitrogens with one attached hydrogen (secondary N) is 3. The van der Waals surface area contributed by atoms with E-state index in [2.05, 4.69) is 34.1 Å². The van der Waals surface area contributed by atoms with Crippen molar-refractivity contribution in [1.29, 1.82) is 0 Å². The van der Waals surface area contributed by atoms with Gasteiger partial charge in [-0.3, -0.25) is 10.1 Å². The number of anilines is 1. The Morgan fingerprint density at radius 1 is 1.13 bits per heavy atom. The fourth-order valence-corrected chi connectivity index (χ4v) is 3.69. The van der Waals surface area contributed by atoms with Crippen LogP contribution in [0.5, 0.6) is 0 Å². The highest BCUT2D eigenvalue weighted by atomic mass is 16.3. The number of amides is 3. The summed E-state index contributed by atoms with van der Waals surface area (Å²) in [6, 6.07) is 17.2. The van der Waals surface area contributed by atoms with Gasteiger partial charge in [0, 0.05) is 42.1 Å². The third-order valence-corrected chi connectivity index (χ3v) is 5.39. The molecule has 3 aromatic rings. The van der Waals surface area contributed by atoms with Gasteiger partial charge >= 0.3 is 6.03 Å². The molecule has 1 aliphatic rings. The molecule has 0 spiro atoms. The van der Waals surface area contributed by atoms with E-state index in [1.807, 2.05) is 30.3 Å². The first-order valence-electron chi connectivity index (χ1n) is 10.5. The van der Waals surface area contributed by atoms with Crippen molar-refractivity contribution in [2.45, 2.75) is 32.1 Å². The molecule has 1 aliphatic carbocycles. The maximum atomic E-state index is 12.1. The summed E-state index contributed by atoms with van der Waals surface area (Å²) >= 11 is 0. The molecule has 0 bridgehead atoms. The Labute approximate surface area is 181 Å². The van der Waals surface area contributed by atoms with Gasteiger partial charge in [-0.2, -0.15) is 0 Å². The molecule has 0 unspecified atom stereocenters. The molecule has 1 heterocycles. The fourth-order valence-electron chi connectivity index (χ4n) is 3.69. The number of carbonyl (C=O) groups excluding carboxylic acids is 2. The van der Waals surface area contributed by atoms with Gasteiger partial charge in [-0.1, -0.05) is 36.8 Å². The van der Waals surface area contributed by atoms with Crippen molar-refractivity contribution in [3.8, 4) is 12.5 Å². The van der Waals surface area contributed by atoms with Crippen molar-refractivity contribution >= 4 is 28.6 Å². The SMILES string of the molecule is C#CNC(=O)Nc1ccc2oc(Cc3ccccc3)c(CCNC(=O)CC3CC3)c2c1. The zero-order chi connectivity index (χ0) is 21.6. The van der Waals surface area contributed by atoms with Crippen LogP contribution in [0.2, 0.25) is 0 Å². The second kappa shape index (κ2) is 9.40. The lowest BCUT2D eigenvalue weighted by atomic mass is 10.0. The lowest BCUT2D eigenvalue weighted by Gasteiger charge is -2.07. The smallest absolute Gasteiger partial charge is 0.330 e. The van der Waals surface area contributed by atoms with Gasteiger partial charge in [0.2, 0.25) is 5.91 Å². The van der Waals surface area contributed by atoms with Gasteiger partial charge in [0.25, 0.3) is 0 Å². The van der Waals surface area contributed by atoms with Crippen molar-refractivity contribution in [1.82, 2.24) is 10.6 Å². The number of fused-ring (bicyclic) bond motifs is 1. The van der Waals surface area contributed by atoms with Crippen LogP contribution in [0.3, 0.4) is 0 Å². The van der Waals surface area contributed by atoms with Crippen LogP contribution in [0.25, 0.3) is 11.0 Å². The summed E-state index contributed by atoms with van der Waals surface area (Å²) in [4.78, 5) is 23.9. The predicted octanol–water partition coefficient (Wildman–Crippen LogP) is 4.19. The molecule has 2 aromatic carbocycles. The first kappa shape index (κ1) is 20.5. The molecule has 6 heteroatoms. The normalized spacial score (nSPS) is 12.9. The van der Waals surface area contributed by atoms with Crippen LogP contribution in [-0.4, -0.2) is 18.5 Å². The van der Waals surface area contributed by atoms with Crippen LogP contribution in [-0.2, 0) is 17.6 Å². The molecule has 0 aliphatic heterocycles. The largest absolute Gasteiger partial charge is 0.460 e. The highest BCUT2D eigenvalue weighted by molar-refractivity contribution is 5.94. The molecule has 0 atom stereocenters. The van der Waals surface area contributed by atoms with Gasteiger partial charge in [0.15, 0.2) is 0 Å². The zero-order valence-corrected chi connectivity index (χ0v) is 17.2. The molecule has 1 saturated carbocycles. The summed E-state index contributed by atoms with van der Waals surface area (Å²) in [5.41, 5.74) is 3.54. The third kappa shape index (κ3) is 5.46. The minimum atomic E-state index is -0.469. The lowest BCUT2D eigenvalue weighted by Crippen LogP contribution is -2.26. The van der Waals surface area contributed by atoms with Crippen molar-refractivity contribution in [3.05, 3.63) is 65.4 Å². The van der Waals surface area contributed by atoms with Crippen LogP contribution in [0.15, 0.2) is 52.9 Å². The molecule has 0 radical (unpaired) electrons. The Morgan fingerprint density at radius 2 is 1.94 bits per heavy atom. The van der Waals surface area contributed by atoms with E-state index in [0.29, 0.717) is 37.4 Å². The highest BCUT2D eigenvalue weighted by Gasteiger charge is 2.24. The fraction of sp³-hybridized carbons (Fsp3) is 0.280. The quantitative estimate of drug-likeness (QED) is 0.381. The topological polar surface area (TPSA) is 83.4 Å². The van der Waals surface area contributed by atoms with Crippen LogP contribution in [0.4, 0.5) is 10.5 Å². The first-order valence-corrected chi connectivity index (χ1v) is 10.5. The molecule has 1 aromatic heterocycles. The summed E-state index contributed by atoms with van der Waals surface area (Å²) in [5, 5.41) is 8.94. The Kier molecular flexibility index (Phi) is 6.23. The number of urea groups is 1. The first-order chi connectivity index (χ1) is 15.1. The van der Waals surface area contributed by atoms with E-state index in [-0.39, 0.29) is 5.91 Å². The molecule has 6 nitrogen and oxygen atoms in total. The van der Waals surface area contributed by atoms with Gasteiger partial charge in [-0.05, 0) is 48.9 Å². The summed E-state index contributed by atoms with van der Waals surface area (Å²) in [6.07, 6.45) is 9.34. The lowest BCUT2D eigenvalue weighted by molar-refractivity contribution is -0.121. The maximum absolute atomic E-state index is 12.1. The van der Waals surface area contributed by atoms with Crippen LogP contribution in [0, 0.1) is 18.4 Å². The Bertz CT molecular complexity index is 1120. The summed E-state index contributed by atoms with van der Waals surface area (Å²) in [7, 11) is 0. The molecular formula is C25H25N3O3. The van der Waals surface area contributed by atoms with Gasteiger partial charge in [-0.15, -0.1) is 0 Å². The number of terminal acetylenes is 1. The molecule has 0 saturated heterocycles. The van der Waals surface area contributed by atoms with Crippen LogP contribution < -0.4 is 16.0 Å². The Morgan fingerprint density at radius 3 is 2.68 bits per heavy atom. The highest BCUT2D eigenvalue weighted by Crippen LogP contribution is 2.32. The summed E-state index contributed by atoms with van der Waals surface area (Å²) < 4.78 is 6.17.